The molecule has 1 aliphatic rings. The molecule has 1 fully saturated rings. The Morgan fingerprint density at radius 3 is 3.08 bits per heavy atom. The highest BCUT2D eigenvalue weighted by Gasteiger charge is 2.14. The summed E-state index contributed by atoms with van der Waals surface area (Å²) < 4.78 is 5.35. The molecule has 1 atom stereocenters. The second kappa shape index (κ2) is 4.82. The highest BCUT2D eigenvalue weighted by molar-refractivity contribution is 7.10. The van der Waals surface area contributed by atoms with Gasteiger partial charge in [0, 0.05) is 11.4 Å². The van der Waals surface area contributed by atoms with Crippen molar-refractivity contribution in [3.05, 3.63) is 22.4 Å². The van der Waals surface area contributed by atoms with Crippen LogP contribution in [0.5, 0.6) is 0 Å². The largest absolute Gasteiger partial charge is 0.378 e. The van der Waals surface area contributed by atoms with Crippen LogP contribution in [0, 0.1) is 0 Å². The van der Waals surface area contributed by atoms with E-state index < -0.39 is 0 Å². The molecule has 0 saturated carbocycles. The first-order valence-electron chi connectivity index (χ1n) is 3.81. The minimum atomic E-state index is 0. The fourth-order valence-electron chi connectivity index (χ4n) is 1.24. The van der Waals surface area contributed by atoms with Gasteiger partial charge >= 0.3 is 0 Å². The highest BCUT2D eigenvalue weighted by atomic mass is 35.5. The first kappa shape index (κ1) is 9.99. The number of hydrogen-bond donors (Lipinski definition) is 1. The number of halogens is 1. The van der Waals surface area contributed by atoms with Gasteiger partial charge in [-0.15, -0.1) is 23.7 Å². The molecule has 1 unspecified atom stereocenters. The summed E-state index contributed by atoms with van der Waals surface area (Å²) in [4.78, 5) is 1.38. The Bertz CT molecular complexity index is 209. The Morgan fingerprint density at radius 2 is 2.50 bits per heavy atom. The maximum atomic E-state index is 5.35. The molecule has 1 N–H and O–H groups in total. The Hall–Kier alpha value is -0.0900. The minimum absolute atomic E-state index is 0. The van der Waals surface area contributed by atoms with Crippen LogP contribution in [-0.2, 0) is 4.74 Å². The molecule has 2 nitrogen and oxygen atoms in total. The van der Waals surface area contributed by atoms with Gasteiger partial charge in [0.05, 0.1) is 19.3 Å². The van der Waals surface area contributed by atoms with E-state index in [9.17, 15) is 0 Å². The first-order valence-corrected chi connectivity index (χ1v) is 4.69. The molecule has 0 radical (unpaired) electrons. The van der Waals surface area contributed by atoms with E-state index in [1.165, 1.54) is 4.88 Å². The molecule has 68 valence electrons. The van der Waals surface area contributed by atoms with Gasteiger partial charge in [-0.3, -0.25) is 0 Å². The zero-order chi connectivity index (χ0) is 7.52. The third-order valence-electron chi connectivity index (χ3n) is 1.81. The van der Waals surface area contributed by atoms with E-state index >= 15 is 0 Å². The third kappa shape index (κ3) is 2.20. The standard InChI is InChI=1S/C8H11NOS.ClH/c1-2-8(11-5-1)7-6-10-4-3-9-7;/h1-2,5,7,9H,3-4,6H2;1H. The lowest BCUT2D eigenvalue weighted by Gasteiger charge is -2.22. The summed E-state index contributed by atoms with van der Waals surface area (Å²) in [6.07, 6.45) is 0. The van der Waals surface area contributed by atoms with Crippen molar-refractivity contribution in [2.45, 2.75) is 6.04 Å². The van der Waals surface area contributed by atoms with Crippen LogP contribution >= 0.6 is 23.7 Å². The van der Waals surface area contributed by atoms with Crippen LogP contribution in [0.3, 0.4) is 0 Å². The van der Waals surface area contributed by atoms with Gasteiger partial charge in [-0.05, 0) is 11.4 Å². The quantitative estimate of drug-likeness (QED) is 0.756. The van der Waals surface area contributed by atoms with Gasteiger partial charge in [-0.25, -0.2) is 0 Å². The molecule has 1 aromatic heterocycles. The molecule has 12 heavy (non-hydrogen) atoms. The normalized spacial score (nSPS) is 23.2. The Balaban J connectivity index is 0.000000720. The Kier molecular flexibility index (Phi) is 4.01. The van der Waals surface area contributed by atoms with Gasteiger partial charge in [0.15, 0.2) is 0 Å². The SMILES string of the molecule is Cl.c1csc(C2COCCN2)c1. The molecule has 0 aromatic carbocycles. The van der Waals surface area contributed by atoms with Crippen LogP contribution in [-0.4, -0.2) is 19.8 Å². The average molecular weight is 206 g/mol. The fraction of sp³-hybridized carbons (Fsp3) is 0.500. The van der Waals surface area contributed by atoms with E-state index in [2.05, 4.69) is 22.8 Å². The van der Waals surface area contributed by atoms with Crippen molar-refractivity contribution in [2.75, 3.05) is 19.8 Å². The number of nitrogens with one attached hydrogen (secondary N) is 1. The highest BCUT2D eigenvalue weighted by Crippen LogP contribution is 2.20. The van der Waals surface area contributed by atoms with E-state index in [1.54, 1.807) is 11.3 Å². The average Bonchev–Trinajstić information content (AvgIpc) is 2.58. The van der Waals surface area contributed by atoms with Gasteiger partial charge in [0.2, 0.25) is 0 Å². The van der Waals surface area contributed by atoms with Crippen LogP contribution in [0.15, 0.2) is 17.5 Å². The van der Waals surface area contributed by atoms with E-state index in [4.69, 9.17) is 4.74 Å². The molecular formula is C8H12ClNOS. The topological polar surface area (TPSA) is 21.3 Å². The van der Waals surface area contributed by atoms with Crippen molar-refractivity contribution in [2.24, 2.45) is 0 Å². The van der Waals surface area contributed by atoms with Gasteiger partial charge in [0.1, 0.15) is 0 Å². The van der Waals surface area contributed by atoms with E-state index in [1.807, 2.05) is 0 Å². The van der Waals surface area contributed by atoms with Gasteiger partial charge < -0.3 is 10.1 Å². The first-order chi connectivity index (χ1) is 5.47. The summed E-state index contributed by atoms with van der Waals surface area (Å²) >= 11 is 1.79. The van der Waals surface area contributed by atoms with Crippen LogP contribution < -0.4 is 5.32 Å². The third-order valence-corrected chi connectivity index (χ3v) is 2.79. The zero-order valence-electron chi connectivity index (χ0n) is 6.66. The summed E-state index contributed by atoms with van der Waals surface area (Å²) in [5.74, 6) is 0. The van der Waals surface area contributed by atoms with Crippen LogP contribution in [0.2, 0.25) is 0 Å². The minimum Gasteiger partial charge on any atom is -0.378 e. The molecular weight excluding hydrogens is 194 g/mol. The molecule has 0 bridgehead atoms. The predicted octanol–water partition coefficient (Wildman–Crippen LogP) is 1.83. The predicted molar refractivity (Wildman–Crippen MR) is 53.1 cm³/mol. The van der Waals surface area contributed by atoms with Crippen molar-refractivity contribution in [3.8, 4) is 0 Å². The van der Waals surface area contributed by atoms with E-state index in [0.717, 1.165) is 19.8 Å². The number of thiophene rings is 1. The number of rotatable bonds is 1. The maximum absolute atomic E-state index is 5.35. The van der Waals surface area contributed by atoms with Gasteiger partial charge in [0.25, 0.3) is 0 Å². The number of ether oxygens (including phenoxy) is 1. The lowest BCUT2D eigenvalue weighted by atomic mass is 10.2. The molecule has 0 spiro atoms. The smallest absolute Gasteiger partial charge is 0.0670 e. The van der Waals surface area contributed by atoms with Crippen molar-refractivity contribution in [3.63, 3.8) is 0 Å². The Labute approximate surface area is 82.3 Å². The van der Waals surface area contributed by atoms with Crippen molar-refractivity contribution in [1.82, 2.24) is 5.32 Å². The summed E-state index contributed by atoms with van der Waals surface area (Å²) in [7, 11) is 0. The lowest BCUT2D eigenvalue weighted by molar-refractivity contribution is 0.0779. The summed E-state index contributed by atoms with van der Waals surface area (Å²) in [5, 5.41) is 5.51. The summed E-state index contributed by atoms with van der Waals surface area (Å²) in [6, 6.07) is 4.66. The fourth-order valence-corrected chi connectivity index (χ4v) is 2.02. The maximum Gasteiger partial charge on any atom is 0.0670 e. The Morgan fingerprint density at radius 1 is 1.58 bits per heavy atom. The molecule has 0 aliphatic carbocycles. The van der Waals surface area contributed by atoms with Crippen LogP contribution in [0.1, 0.15) is 10.9 Å². The monoisotopic (exact) mass is 205 g/mol. The van der Waals surface area contributed by atoms with Crippen molar-refractivity contribution >= 4 is 23.7 Å². The van der Waals surface area contributed by atoms with Gasteiger partial charge in [-0.1, -0.05) is 6.07 Å². The zero-order valence-corrected chi connectivity index (χ0v) is 8.29. The van der Waals surface area contributed by atoms with Gasteiger partial charge in [-0.2, -0.15) is 0 Å². The second-order valence-electron chi connectivity index (χ2n) is 2.60. The number of hydrogen-bond acceptors (Lipinski definition) is 3. The molecule has 4 heteroatoms. The number of morpholine rings is 1. The molecule has 0 amide bonds. The second-order valence-corrected chi connectivity index (χ2v) is 3.58. The molecule has 1 aliphatic heterocycles. The van der Waals surface area contributed by atoms with Crippen LogP contribution in [0.4, 0.5) is 0 Å². The molecule has 2 rings (SSSR count). The molecule has 1 saturated heterocycles. The van der Waals surface area contributed by atoms with E-state index in [0.29, 0.717) is 6.04 Å². The molecule has 2 heterocycles. The van der Waals surface area contributed by atoms with Crippen LogP contribution in [0.25, 0.3) is 0 Å². The van der Waals surface area contributed by atoms with E-state index in [-0.39, 0.29) is 12.4 Å². The molecule has 1 aromatic rings. The van der Waals surface area contributed by atoms with Crippen molar-refractivity contribution < 1.29 is 4.74 Å². The van der Waals surface area contributed by atoms with Crippen molar-refractivity contribution in [1.29, 1.82) is 0 Å². The lowest BCUT2D eigenvalue weighted by Crippen LogP contribution is -2.33. The summed E-state index contributed by atoms with van der Waals surface area (Å²) in [5.41, 5.74) is 0. The summed E-state index contributed by atoms with van der Waals surface area (Å²) in [6.45, 7) is 2.64.